The number of nitrogens with two attached hydrogens (primary N) is 1. The number of rotatable bonds is 4. The largest absolute Gasteiger partial charge is 0.374 e. The molecule has 3 heterocycles. The molecule has 5 heteroatoms. The van der Waals surface area contributed by atoms with Gasteiger partial charge in [-0.25, -0.2) is 0 Å². The third kappa shape index (κ3) is 4.17. The van der Waals surface area contributed by atoms with Gasteiger partial charge in [0.15, 0.2) is 0 Å². The average Bonchev–Trinajstić information content (AvgIpc) is 2.96. The van der Waals surface area contributed by atoms with E-state index in [-0.39, 0.29) is 0 Å². The van der Waals surface area contributed by atoms with Gasteiger partial charge in [-0.3, -0.25) is 14.7 Å². The monoisotopic (exact) mass is 296 g/mol. The van der Waals surface area contributed by atoms with Gasteiger partial charge < -0.3 is 10.5 Å². The van der Waals surface area contributed by atoms with Crippen LogP contribution in [0, 0.1) is 0 Å². The zero-order valence-electron chi connectivity index (χ0n) is 13.5. The summed E-state index contributed by atoms with van der Waals surface area (Å²) >= 11 is 0. The van der Waals surface area contributed by atoms with Crippen molar-refractivity contribution in [1.29, 1.82) is 0 Å². The van der Waals surface area contributed by atoms with Crippen LogP contribution in [0.5, 0.6) is 0 Å². The zero-order chi connectivity index (χ0) is 14.7. The van der Waals surface area contributed by atoms with Gasteiger partial charge in [-0.2, -0.15) is 0 Å². The lowest BCUT2D eigenvalue weighted by Gasteiger charge is -2.36. The van der Waals surface area contributed by atoms with E-state index in [1.54, 1.807) is 0 Å². The van der Waals surface area contributed by atoms with Gasteiger partial charge in [-0.1, -0.05) is 6.92 Å². The van der Waals surface area contributed by atoms with Gasteiger partial charge in [0.2, 0.25) is 0 Å². The second kappa shape index (κ2) is 7.38. The third-order valence-electron chi connectivity index (χ3n) is 5.47. The number of nitrogens with zero attached hydrogens (tertiary/aromatic N) is 3. The number of piperidine rings is 1. The zero-order valence-corrected chi connectivity index (χ0v) is 13.5. The summed E-state index contributed by atoms with van der Waals surface area (Å²) in [6, 6.07) is 1.19. The van der Waals surface area contributed by atoms with Crippen LogP contribution < -0.4 is 5.73 Å². The maximum atomic E-state index is 6.01. The topological polar surface area (TPSA) is 45.0 Å². The van der Waals surface area contributed by atoms with Crippen molar-refractivity contribution in [1.82, 2.24) is 14.7 Å². The highest BCUT2D eigenvalue weighted by atomic mass is 16.5. The molecular weight excluding hydrogens is 264 g/mol. The van der Waals surface area contributed by atoms with E-state index in [0.29, 0.717) is 12.1 Å². The van der Waals surface area contributed by atoms with Crippen molar-refractivity contribution >= 4 is 0 Å². The molecule has 3 fully saturated rings. The summed E-state index contributed by atoms with van der Waals surface area (Å²) < 4.78 is 5.95. The van der Waals surface area contributed by atoms with E-state index in [2.05, 4.69) is 21.6 Å². The fourth-order valence-electron chi connectivity index (χ4n) is 4.03. The maximum absolute atomic E-state index is 6.01. The molecule has 3 saturated heterocycles. The van der Waals surface area contributed by atoms with E-state index >= 15 is 0 Å². The number of hydrogen-bond acceptors (Lipinski definition) is 5. The van der Waals surface area contributed by atoms with Crippen molar-refractivity contribution < 1.29 is 4.74 Å². The van der Waals surface area contributed by atoms with Crippen LogP contribution in [0.1, 0.15) is 26.2 Å². The standard InChI is InChI=1S/C16H32N4O/c1-2-18-9-10-21-16(12-18)13-19-6-5-15(11-19)20-7-3-14(17)4-8-20/h14-16H,2-13,17H2,1H3. The molecule has 5 nitrogen and oxygen atoms in total. The predicted octanol–water partition coefficient (Wildman–Crippen LogP) is 0.205. The molecule has 2 N–H and O–H groups in total. The van der Waals surface area contributed by atoms with Crippen LogP contribution in [0.25, 0.3) is 0 Å². The van der Waals surface area contributed by atoms with Gasteiger partial charge in [0.05, 0.1) is 12.7 Å². The van der Waals surface area contributed by atoms with E-state index in [4.69, 9.17) is 10.5 Å². The third-order valence-corrected chi connectivity index (χ3v) is 5.47. The Bertz CT molecular complexity index is 319. The van der Waals surface area contributed by atoms with Crippen LogP contribution in [-0.2, 0) is 4.74 Å². The van der Waals surface area contributed by atoms with E-state index < -0.39 is 0 Å². The fourth-order valence-corrected chi connectivity index (χ4v) is 4.03. The summed E-state index contributed by atoms with van der Waals surface area (Å²) in [5, 5.41) is 0. The summed E-state index contributed by atoms with van der Waals surface area (Å²) in [6.45, 7) is 12.5. The molecule has 3 rings (SSSR count). The first-order valence-corrected chi connectivity index (χ1v) is 8.80. The minimum atomic E-state index is 0.409. The highest BCUT2D eigenvalue weighted by molar-refractivity contribution is 4.88. The first kappa shape index (κ1) is 15.7. The minimum absolute atomic E-state index is 0.409. The number of hydrogen-bond donors (Lipinski definition) is 1. The van der Waals surface area contributed by atoms with Crippen LogP contribution in [0.4, 0.5) is 0 Å². The van der Waals surface area contributed by atoms with Crippen LogP contribution >= 0.6 is 0 Å². The highest BCUT2D eigenvalue weighted by Gasteiger charge is 2.31. The van der Waals surface area contributed by atoms with Gasteiger partial charge in [0.25, 0.3) is 0 Å². The average molecular weight is 296 g/mol. The quantitative estimate of drug-likeness (QED) is 0.803. The lowest BCUT2D eigenvalue weighted by Crippen LogP contribution is -2.48. The Labute approximate surface area is 129 Å². The minimum Gasteiger partial charge on any atom is -0.374 e. The maximum Gasteiger partial charge on any atom is 0.0829 e. The molecule has 2 atom stereocenters. The SMILES string of the molecule is CCN1CCOC(CN2CCC(N3CCC(N)CC3)C2)C1. The van der Waals surface area contributed by atoms with Crippen molar-refractivity contribution in [2.45, 2.75) is 44.4 Å². The Morgan fingerprint density at radius 3 is 2.57 bits per heavy atom. The highest BCUT2D eigenvalue weighted by Crippen LogP contribution is 2.20. The smallest absolute Gasteiger partial charge is 0.0829 e. The van der Waals surface area contributed by atoms with E-state index in [9.17, 15) is 0 Å². The molecule has 0 amide bonds. The van der Waals surface area contributed by atoms with Crippen molar-refractivity contribution in [2.24, 2.45) is 5.73 Å². The first-order chi connectivity index (χ1) is 10.2. The van der Waals surface area contributed by atoms with E-state index in [1.165, 1.54) is 45.4 Å². The number of morpholine rings is 1. The molecule has 0 aromatic rings. The Hall–Kier alpha value is -0.200. The van der Waals surface area contributed by atoms with Gasteiger partial charge in [-0.15, -0.1) is 0 Å². The Balaban J connectivity index is 1.42. The van der Waals surface area contributed by atoms with Crippen molar-refractivity contribution in [3.63, 3.8) is 0 Å². The van der Waals surface area contributed by atoms with Crippen LogP contribution in [0.2, 0.25) is 0 Å². The molecule has 0 saturated carbocycles. The predicted molar refractivity (Wildman–Crippen MR) is 85.5 cm³/mol. The molecule has 0 radical (unpaired) electrons. The second-order valence-corrected chi connectivity index (χ2v) is 6.96. The van der Waals surface area contributed by atoms with Gasteiger partial charge >= 0.3 is 0 Å². The molecule has 122 valence electrons. The second-order valence-electron chi connectivity index (χ2n) is 6.96. The summed E-state index contributed by atoms with van der Waals surface area (Å²) in [6.07, 6.45) is 4.08. The molecule has 3 aliphatic heterocycles. The first-order valence-electron chi connectivity index (χ1n) is 8.80. The van der Waals surface area contributed by atoms with Crippen molar-refractivity contribution in [2.75, 3.05) is 59.0 Å². The fraction of sp³-hybridized carbons (Fsp3) is 1.00. The summed E-state index contributed by atoms with van der Waals surface area (Å²) in [5.41, 5.74) is 6.01. The molecule has 2 unspecified atom stereocenters. The Kier molecular flexibility index (Phi) is 5.51. The Morgan fingerprint density at radius 1 is 1.00 bits per heavy atom. The lowest BCUT2D eigenvalue weighted by atomic mass is 10.0. The molecule has 21 heavy (non-hydrogen) atoms. The van der Waals surface area contributed by atoms with Gasteiger partial charge in [-0.05, 0) is 45.4 Å². The summed E-state index contributed by atoms with van der Waals surface area (Å²) in [5.74, 6) is 0. The molecule has 3 aliphatic rings. The van der Waals surface area contributed by atoms with Crippen LogP contribution in [-0.4, -0.2) is 91.9 Å². The van der Waals surface area contributed by atoms with Crippen LogP contribution in [0.15, 0.2) is 0 Å². The van der Waals surface area contributed by atoms with Crippen molar-refractivity contribution in [3.8, 4) is 0 Å². The van der Waals surface area contributed by atoms with E-state index in [0.717, 1.165) is 38.8 Å². The number of ether oxygens (including phenoxy) is 1. The molecule has 0 bridgehead atoms. The Morgan fingerprint density at radius 2 is 1.81 bits per heavy atom. The van der Waals surface area contributed by atoms with E-state index in [1.807, 2.05) is 0 Å². The van der Waals surface area contributed by atoms with Gasteiger partial charge in [0.1, 0.15) is 0 Å². The normalized spacial score (nSPS) is 34.6. The van der Waals surface area contributed by atoms with Gasteiger partial charge in [0, 0.05) is 38.3 Å². The number of likely N-dealkylation sites (tertiary alicyclic amines) is 2. The molecule has 0 aromatic heterocycles. The molecule has 0 aromatic carbocycles. The summed E-state index contributed by atoms with van der Waals surface area (Å²) in [7, 11) is 0. The molecule has 0 spiro atoms. The lowest BCUT2D eigenvalue weighted by molar-refractivity contribution is -0.0399. The molecule has 0 aliphatic carbocycles. The van der Waals surface area contributed by atoms with Crippen molar-refractivity contribution in [3.05, 3.63) is 0 Å². The molecular formula is C16H32N4O. The number of likely N-dealkylation sites (N-methyl/N-ethyl adjacent to an activating group) is 1. The summed E-state index contributed by atoms with van der Waals surface area (Å²) in [4.78, 5) is 7.79. The van der Waals surface area contributed by atoms with Crippen LogP contribution in [0.3, 0.4) is 0 Å².